The van der Waals surface area contributed by atoms with Gasteiger partial charge in [-0.2, -0.15) is 0 Å². The molecule has 28 heavy (non-hydrogen) atoms. The van der Waals surface area contributed by atoms with Crippen molar-refractivity contribution in [2.45, 2.75) is 12.8 Å². The van der Waals surface area contributed by atoms with Crippen molar-refractivity contribution in [3.63, 3.8) is 0 Å². The molecule has 0 N–H and O–H groups in total. The molecule has 1 heterocycles. The number of nitrogens with zero attached hydrogens (tertiary/aromatic N) is 2. The Hall–Kier alpha value is -3.73. The average molecular weight is 370 g/mol. The average Bonchev–Trinajstić information content (AvgIpc) is 3.16. The van der Waals surface area contributed by atoms with Crippen LogP contribution in [0.15, 0.2) is 89.7 Å². The van der Waals surface area contributed by atoms with Gasteiger partial charge in [-0.05, 0) is 46.1 Å². The lowest BCUT2D eigenvalue weighted by molar-refractivity contribution is -0.803. The van der Waals surface area contributed by atoms with Gasteiger partial charge in [-0.3, -0.25) is 9.42 Å². The number of carbonyl (C=O) groups is 1. The van der Waals surface area contributed by atoms with Crippen molar-refractivity contribution in [3.05, 3.63) is 124 Å². The maximum absolute atomic E-state index is 12.7. The number of ketones is 1. The first-order valence-electron chi connectivity index (χ1n) is 9.00. The van der Waals surface area contributed by atoms with Gasteiger partial charge in [-0.15, -0.1) is 0 Å². The number of rotatable bonds is 6. The van der Waals surface area contributed by atoms with E-state index in [9.17, 15) is 10.0 Å². The summed E-state index contributed by atoms with van der Waals surface area (Å²) < 4.78 is 4.43. The molecule has 0 fully saturated rings. The smallest absolute Gasteiger partial charge is 0.265 e. The highest BCUT2D eigenvalue weighted by atomic mass is 16.8. The molecule has 3 aromatic carbocycles. The van der Waals surface area contributed by atoms with E-state index in [1.54, 1.807) is 6.07 Å². The predicted molar refractivity (Wildman–Crippen MR) is 104 cm³/mol. The number of hydrogen-bond acceptors (Lipinski definition) is 4. The fraction of sp³-hybridized carbons (Fsp3) is 0.0870. The van der Waals surface area contributed by atoms with Crippen molar-refractivity contribution < 1.29 is 14.3 Å². The molecular weight excluding hydrogens is 352 g/mol. The first-order chi connectivity index (χ1) is 13.7. The molecule has 138 valence electrons. The number of benzene rings is 3. The van der Waals surface area contributed by atoms with E-state index in [-0.39, 0.29) is 10.6 Å². The van der Waals surface area contributed by atoms with Crippen LogP contribution in [0.1, 0.15) is 38.3 Å². The van der Waals surface area contributed by atoms with Crippen LogP contribution in [0.5, 0.6) is 0 Å². The fourth-order valence-electron chi connectivity index (χ4n) is 3.23. The molecule has 0 atom stereocenters. The Kier molecular flexibility index (Phi) is 4.97. The Morgan fingerprint density at radius 3 is 2.04 bits per heavy atom. The van der Waals surface area contributed by atoms with E-state index in [0.717, 1.165) is 29.3 Å². The van der Waals surface area contributed by atoms with E-state index in [1.807, 2.05) is 48.5 Å². The Morgan fingerprint density at radius 2 is 1.46 bits per heavy atom. The van der Waals surface area contributed by atoms with Gasteiger partial charge in [0.05, 0.1) is 0 Å². The number of hydrogen-bond donors (Lipinski definition) is 0. The summed E-state index contributed by atoms with van der Waals surface area (Å²) in [6.45, 7) is 0. The largest absolute Gasteiger partial charge is 0.359 e. The first kappa shape index (κ1) is 17.7. The molecule has 0 saturated carbocycles. The SMILES string of the molecule is O=C(c1ccc(Cc2ccccc2)c(Cc2ccccc2)c1)c1cno[n+]1[O-]. The van der Waals surface area contributed by atoms with Crippen molar-refractivity contribution in [2.24, 2.45) is 0 Å². The van der Waals surface area contributed by atoms with Crippen molar-refractivity contribution >= 4 is 5.78 Å². The molecule has 0 aliphatic rings. The topological polar surface area (TPSA) is 70.0 Å². The molecule has 1 aromatic heterocycles. The van der Waals surface area contributed by atoms with Crippen molar-refractivity contribution in [3.8, 4) is 0 Å². The molecule has 0 aliphatic carbocycles. The van der Waals surface area contributed by atoms with E-state index >= 15 is 0 Å². The van der Waals surface area contributed by atoms with E-state index in [1.165, 1.54) is 5.56 Å². The molecule has 0 unspecified atom stereocenters. The van der Waals surface area contributed by atoms with E-state index in [2.05, 4.69) is 34.1 Å². The van der Waals surface area contributed by atoms with Gasteiger partial charge in [0.1, 0.15) is 0 Å². The van der Waals surface area contributed by atoms with Gasteiger partial charge in [0.15, 0.2) is 0 Å². The molecule has 0 amide bonds. The number of aromatic nitrogens is 2. The van der Waals surface area contributed by atoms with Crippen LogP contribution in [0.3, 0.4) is 0 Å². The Bertz CT molecular complexity index is 1090. The second kappa shape index (κ2) is 7.88. The minimum absolute atomic E-state index is 0.124. The monoisotopic (exact) mass is 370 g/mol. The summed E-state index contributed by atoms with van der Waals surface area (Å²) in [5, 5.41) is 15.0. The van der Waals surface area contributed by atoms with Crippen LogP contribution in [0, 0.1) is 5.21 Å². The van der Waals surface area contributed by atoms with Crippen LogP contribution in [0.2, 0.25) is 0 Å². The van der Waals surface area contributed by atoms with E-state index in [0.29, 0.717) is 12.0 Å². The lowest BCUT2D eigenvalue weighted by atomic mass is 9.92. The molecular formula is C23H18N2O3. The van der Waals surface area contributed by atoms with Gasteiger partial charge in [0.2, 0.25) is 12.0 Å². The number of carbonyl (C=O) groups excluding carboxylic acids is 1. The van der Waals surface area contributed by atoms with E-state index < -0.39 is 5.78 Å². The summed E-state index contributed by atoms with van der Waals surface area (Å²) in [7, 11) is 0. The third kappa shape index (κ3) is 3.83. The molecule has 5 heteroatoms. The maximum Gasteiger partial charge on any atom is 0.265 e. The second-order valence-electron chi connectivity index (χ2n) is 6.60. The Balaban J connectivity index is 1.71. The standard InChI is InChI=1S/C23H18N2O3/c26-23(22-16-24-28-25(22)27)20-12-11-19(13-17-7-3-1-4-8-17)21(15-20)14-18-9-5-2-6-10-18/h1-12,15-16H,13-14H2. The predicted octanol–water partition coefficient (Wildman–Crippen LogP) is 3.72. The normalized spacial score (nSPS) is 10.7. The molecule has 0 spiro atoms. The molecule has 0 radical (unpaired) electrons. The Labute approximate surface area is 162 Å². The van der Waals surface area contributed by atoms with Crippen molar-refractivity contribution in [1.82, 2.24) is 5.16 Å². The zero-order valence-corrected chi connectivity index (χ0v) is 15.1. The van der Waals surface area contributed by atoms with Gasteiger partial charge in [-0.1, -0.05) is 72.8 Å². The van der Waals surface area contributed by atoms with Crippen molar-refractivity contribution in [2.75, 3.05) is 0 Å². The molecule has 5 nitrogen and oxygen atoms in total. The fourth-order valence-corrected chi connectivity index (χ4v) is 3.23. The zero-order valence-electron chi connectivity index (χ0n) is 15.1. The van der Waals surface area contributed by atoms with Gasteiger partial charge < -0.3 is 5.21 Å². The molecule has 0 saturated heterocycles. The Morgan fingerprint density at radius 1 is 0.857 bits per heavy atom. The molecule has 0 bridgehead atoms. The maximum atomic E-state index is 12.7. The van der Waals surface area contributed by atoms with E-state index in [4.69, 9.17) is 0 Å². The lowest BCUT2D eigenvalue weighted by Gasteiger charge is -2.12. The highest BCUT2D eigenvalue weighted by Crippen LogP contribution is 2.21. The quantitative estimate of drug-likeness (QED) is 0.383. The molecule has 4 aromatic rings. The van der Waals surface area contributed by atoms with Crippen molar-refractivity contribution in [1.29, 1.82) is 0 Å². The molecule has 4 rings (SSSR count). The molecule has 0 aliphatic heterocycles. The minimum Gasteiger partial charge on any atom is -0.359 e. The van der Waals surface area contributed by atoms with Crippen LogP contribution in [-0.4, -0.2) is 10.9 Å². The van der Waals surface area contributed by atoms with Crippen LogP contribution in [0.4, 0.5) is 0 Å². The van der Waals surface area contributed by atoms with Gasteiger partial charge in [0.25, 0.3) is 5.69 Å². The highest BCUT2D eigenvalue weighted by molar-refractivity contribution is 6.06. The van der Waals surface area contributed by atoms with Crippen LogP contribution < -0.4 is 4.90 Å². The third-order valence-electron chi connectivity index (χ3n) is 4.67. The highest BCUT2D eigenvalue weighted by Gasteiger charge is 2.20. The van der Waals surface area contributed by atoms with Gasteiger partial charge in [-0.25, -0.2) is 0 Å². The third-order valence-corrected chi connectivity index (χ3v) is 4.67. The summed E-state index contributed by atoms with van der Waals surface area (Å²) in [4.78, 5) is 12.8. The van der Waals surface area contributed by atoms with Crippen LogP contribution in [0.25, 0.3) is 0 Å². The summed E-state index contributed by atoms with van der Waals surface area (Å²) >= 11 is 0. The van der Waals surface area contributed by atoms with Gasteiger partial charge in [0, 0.05) is 10.7 Å². The van der Waals surface area contributed by atoms with Gasteiger partial charge >= 0.3 is 0 Å². The summed E-state index contributed by atoms with van der Waals surface area (Å²) in [5.74, 6) is -0.406. The summed E-state index contributed by atoms with van der Waals surface area (Å²) in [5.41, 5.74) is 4.87. The zero-order chi connectivity index (χ0) is 19.3. The summed E-state index contributed by atoms with van der Waals surface area (Å²) in [6, 6.07) is 25.9. The summed E-state index contributed by atoms with van der Waals surface area (Å²) in [6.07, 6.45) is 2.61. The second-order valence-corrected chi connectivity index (χ2v) is 6.60. The van der Waals surface area contributed by atoms with Crippen LogP contribution in [-0.2, 0) is 12.8 Å². The first-order valence-corrected chi connectivity index (χ1v) is 9.00. The minimum atomic E-state index is -0.406. The van der Waals surface area contributed by atoms with Crippen LogP contribution >= 0.6 is 0 Å². The lowest BCUT2D eigenvalue weighted by Crippen LogP contribution is -2.31.